The molecule has 0 bridgehead atoms. The van der Waals surface area contributed by atoms with E-state index < -0.39 is 0 Å². The zero-order valence-corrected chi connectivity index (χ0v) is 22.8. The van der Waals surface area contributed by atoms with Crippen molar-refractivity contribution in [1.29, 1.82) is 0 Å². The van der Waals surface area contributed by atoms with Crippen LogP contribution >= 0.6 is 48.6 Å². The van der Waals surface area contributed by atoms with E-state index in [4.69, 9.17) is 4.74 Å². The lowest BCUT2D eigenvalue weighted by molar-refractivity contribution is 0.304. The number of pyridine rings is 1. The summed E-state index contributed by atoms with van der Waals surface area (Å²) in [6.07, 6.45) is 4.65. The molecule has 0 unspecified atom stereocenters. The standard InChI is InChI=1S/C23H28N6OS.3ClH/c1-15(2)9-16-10-19-21(20(11-16)30-14-17-7-5-6-8-24-17)27-28-22(19)26-23-25-12-18(31-23)13-29(3)4;;;/h5-8,10-12,15H,9,13-14H2,1-4H3,(H2,25,26,27,28);3*1H. The van der Waals surface area contributed by atoms with E-state index in [1.807, 2.05) is 24.4 Å². The second kappa shape index (κ2) is 13.7. The van der Waals surface area contributed by atoms with Gasteiger partial charge in [-0.05, 0) is 56.3 Å². The molecule has 4 rings (SSSR count). The number of rotatable bonds is 9. The van der Waals surface area contributed by atoms with E-state index in [-0.39, 0.29) is 37.2 Å². The van der Waals surface area contributed by atoms with Crippen molar-refractivity contribution in [2.45, 2.75) is 33.4 Å². The fourth-order valence-electron chi connectivity index (χ4n) is 3.43. The number of hydrogen-bond donors (Lipinski definition) is 2. The van der Waals surface area contributed by atoms with Crippen molar-refractivity contribution in [2.75, 3.05) is 19.4 Å². The van der Waals surface area contributed by atoms with Crippen LogP contribution in [0.25, 0.3) is 10.9 Å². The predicted octanol–water partition coefficient (Wildman–Crippen LogP) is 6.26. The highest BCUT2D eigenvalue weighted by atomic mass is 35.5. The maximum absolute atomic E-state index is 6.16. The van der Waals surface area contributed by atoms with Crippen molar-refractivity contribution in [3.63, 3.8) is 0 Å². The number of nitrogens with zero attached hydrogens (tertiary/aromatic N) is 4. The van der Waals surface area contributed by atoms with Gasteiger partial charge in [0.15, 0.2) is 10.9 Å². The van der Waals surface area contributed by atoms with E-state index in [1.165, 1.54) is 10.4 Å². The Morgan fingerprint density at radius 2 is 1.91 bits per heavy atom. The zero-order valence-electron chi connectivity index (χ0n) is 19.6. The highest BCUT2D eigenvalue weighted by molar-refractivity contribution is 7.15. The number of benzene rings is 1. The maximum Gasteiger partial charge on any atom is 0.188 e. The van der Waals surface area contributed by atoms with E-state index in [1.54, 1.807) is 17.5 Å². The maximum atomic E-state index is 6.16. The second-order valence-corrected chi connectivity index (χ2v) is 9.41. The first-order chi connectivity index (χ1) is 15.0. The molecule has 0 saturated heterocycles. The number of aromatic amines is 1. The van der Waals surface area contributed by atoms with Gasteiger partial charge in [-0.15, -0.1) is 48.6 Å². The number of halogens is 3. The first-order valence-electron chi connectivity index (χ1n) is 10.4. The monoisotopic (exact) mass is 544 g/mol. The fraction of sp³-hybridized carbons (Fsp3) is 0.348. The molecule has 34 heavy (non-hydrogen) atoms. The summed E-state index contributed by atoms with van der Waals surface area (Å²) in [4.78, 5) is 12.2. The molecule has 0 fully saturated rings. The molecule has 0 atom stereocenters. The first kappa shape index (κ1) is 29.9. The Labute approximate surface area is 223 Å². The molecule has 11 heteroatoms. The van der Waals surface area contributed by atoms with Crippen molar-refractivity contribution in [1.82, 2.24) is 25.1 Å². The number of hydrogen-bond acceptors (Lipinski definition) is 7. The molecule has 3 aromatic heterocycles. The van der Waals surface area contributed by atoms with Crippen LogP contribution in [0.3, 0.4) is 0 Å². The number of H-pyrrole nitrogens is 1. The first-order valence-corrected chi connectivity index (χ1v) is 11.2. The van der Waals surface area contributed by atoms with Crippen molar-refractivity contribution < 1.29 is 4.74 Å². The van der Waals surface area contributed by atoms with Crippen LogP contribution in [-0.2, 0) is 19.6 Å². The Bertz CT molecular complexity index is 1150. The van der Waals surface area contributed by atoms with Gasteiger partial charge in [0, 0.05) is 29.2 Å². The van der Waals surface area contributed by atoms with Gasteiger partial charge < -0.3 is 15.0 Å². The Morgan fingerprint density at radius 3 is 2.59 bits per heavy atom. The number of fused-ring (bicyclic) bond motifs is 1. The summed E-state index contributed by atoms with van der Waals surface area (Å²) in [5.41, 5.74) is 2.98. The molecule has 0 aliphatic carbocycles. The SMILES string of the molecule is CC(C)Cc1cc(OCc2ccccn2)c2[nH]nc(Nc3ncc(CN(C)C)s3)c2c1.Cl.Cl.Cl. The van der Waals surface area contributed by atoms with Crippen LogP contribution in [0.5, 0.6) is 5.75 Å². The molecule has 3 heterocycles. The van der Waals surface area contributed by atoms with Gasteiger partial charge in [0.25, 0.3) is 0 Å². The molecule has 0 aliphatic rings. The molecule has 2 N–H and O–H groups in total. The third-order valence-corrected chi connectivity index (χ3v) is 5.59. The summed E-state index contributed by atoms with van der Waals surface area (Å²) in [7, 11) is 4.10. The van der Waals surface area contributed by atoms with E-state index in [2.05, 4.69) is 70.5 Å². The van der Waals surface area contributed by atoms with Gasteiger partial charge in [0.1, 0.15) is 17.9 Å². The van der Waals surface area contributed by atoms with Gasteiger partial charge in [-0.25, -0.2) is 4.98 Å². The van der Waals surface area contributed by atoms with Crippen molar-refractivity contribution in [3.05, 3.63) is 58.9 Å². The summed E-state index contributed by atoms with van der Waals surface area (Å²) < 4.78 is 6.16. The topological polar surface area (TPSA) is 79.0 Å². The smallest absolute Gasteiger partial charge is 0.188 e. The largest absolute Gasteiger partial charge is 0.485 e. The number of nitrogens with one attached hydrogen (secondary N) is 2. The number of thiazole rings is 1. The summed E-state index contributed by atoms with van der Waals surface area (Å²) in [6.45, 7) is 5.71. The predicted molar refractivity (Wildman–Crippen MR) is 148 cm³/mol. The molecular weight excluding hydrogens is 515 g/mol. The Balaban J connectivity index is 0.00000193. The van der Waals surface area contributed by atoms with E-state index >= 15 is 0 Å². The van der Waals surface area contributed by atoms with Gasteiger partial charge in [0.2, 0.25) is 0 Å². The molecule has 4 aromatic rings. The van der Waals surface area contributed by atoms with Gasteiger partial charge in [-0.2, -0.15) is 5.10 Å². The summed E-state index contributed by atoms with van der Waals surface area (Å²) in [5.74, 6) is 2.08. The van der Waals surface area contributed by atoms with Gasteiger partial charge in [-0.1, -0.05) is 19.9 Å². The molecule has 0 radical (unpaired) electrons. The average Bonchev–Trinajstić information content (AvgIpc) is 3.33. The molecule has 1 aromatic carbocycles. The molecule has 186 valence electrons. The Kier molecular flexibility index (Phi) is 12.1. The minimum atomic E-state index is 0. The van der Waals surface area contributed by atoms with Gasteiger partial charge in [-0.3, -0.25) is 10.1 Å². The normalized spacial score (nSPS) is 10.5. The van der Waals surface area contributed by atoms with Crippen LogP contribution in [0.2, 0.25) is 0 Å². The minimum absolute atomic E-state index is 0. The molecule has 7 nitrogen and oxygen atoms in total. The number of anilines is 2. The van der Waals surface area contributed by atoms with Crippen LogP contribution in [-0.4, -0.2) is 39.2 Å². The minimum Gasteiger partial charge on any atom is -0.485 e. The van der Waals surface area contributed by atoms with Gasteiger partial charge in [0.05, 0.1) is 5.69 Å². The lowest BCUT2D eigenvalue weighted by Crippen LogP contribution is -2.09. The van der Waals surface area contributed by atoms with Crippen LogP contribution in [0.15, 0.2) is 42.7 Å². The number of ether oxygens (including phenoxy) is 1. The molecule has 0 aliphatic heterocycles. The quantitative estimate of drug-likeness (QED) is 0.258. The van der Waals surface area contributed by atoms with Crippen LogP contribution < -0.4 is 10.1 Å². The lowest BCUT2D eigenvalue weighted by atomic mass is 10.0. The van der Waals surface area contributed by atoms with E-state index in [0.717, 1.165) is 46.3 Å². The Hall–Kier alpha value is -2.10. The average molecular weight is 546 g/mol. The van der Waals surface area contributed by atoms with Crippen molar-refractivity contribution >= 4 is 70.4 Å². The fourth-order valence-corrected chi connectivity index (χ4v) is 4.36. The lowest BCUT2D eigenvalue weighted by Gasteiger charge is -2.11. The van der Waals surface area contributed by atoms with Crippen LogP contribution in [0, 0.1) is 5.92 Å². The molecular formula is C23H31Cl3N6OS. The molecule has 0 amide bonds. The molecule has 0 spiro atoms. The Morgan fingerprint density at radius 1 is 1.12 bits per heavy atom. The number of aromatic nitrogens is 4. The van der Waals surface area contributed by atoms with Crippen LogP contribution in [0.4, 0.5) is 10.9 Å². The van der Waals surface area contributed by atoms with Gasteiger partial charge >= 0.3 is 0 Å². The van der Waals surface area contributed by atoms with E-state index in [9.17, 15) is 0 Å². The summed E-state index contributed by atoms with van der Waals surface area (Å²) >= 11 is 1.64. The van der Waals surface area contributed by atoms with Crippen molar-refractivity contribution in [3.8, 4) is 5.75 Å². The molecule has 0 saturated carbocycles. The van der Waals surface area contributed by atoms with Crippen molar-refractivity contribution in [2.24, 2.45) is 5.92 Å². The second-order valence-electron chi connectivity index (χ2n) is 8.29. The van der Waals surface area contributed by atoms with E-state index in [0.29, 0.717) is 12.5 Å². The highest BCUT2D eigenvalue weighted by Crippen LogP contribution is 2.34. The summed E-state index contributed by atoms with van der Waals surface area (Å²) in [5, 5.41) is 12.9. The summed E-state index contributed by atoms with van der Waals surface area (Å²) in [6, 6.07) is 10.1. The van der Waals surface area contributed by atoms with Crippen LogP contribution in [0.1, 0.15) is 30.0 Å². The third kappa shape index (κ3) is 7.71. The highest BCUT2D eigenvalue weighted by Gasteiger charge is 2.15. The third-order valence-electron chi connectivity index (χ3n) is 4.69. The zero-order chi connectivity index (χ0) is 21.8.